The van der Waals surface area contributed by atoms with Crippen LogP contribution in [-0.4, -0.2) is 20.6 Å². The number of hydrogen-bond acceptors (Lipinski definition) is 2. The molecule has 4 nitrogen and oxygen atoms in total. The van der Waals surface area contributed by atoms with Gasteiger partial charge in [0.15, 0.2) is 0 Å². The molecular weight excluding hydrogens is 367 g/mol. The molecule has 0 saturated carbocycles. The topological polar surface area (TPSA) is 55.1 Å². The van der Waals surface area contributed by atoms with Crippen LogP contribution in [0.5, 0.6) is 0 Å². The summed E-state index contributed by atoms with van der Waals surface area (Å²) in [5.74, 6) is -0.0964. The first-order chi connectivity index (χ1) is 9.58. The van der Waals surface area contributed by atoms with E-state index in [1.54, 1.807) is 18.2 Å². The van der Waals surface area contributed by atoms with Gasteiger partial charge in [0.25, 0.3) is 0 Å². The van der Waals surface area contributed by atoms with Crippen molar-refractivity contribution in [3.63, 3.8) is 0 Å². The first-order valence-corrected chi connectivity index (χ1v) is 7.10. The van der Waals surface area contributed by atoms with Crippen molar-refractivity contribution < 1.29 is 9.90 Å². The van der Waals surface area contributed by atoms with Crippen LogP contribution in [0.1, 0.15) is 10.4 Å². The number of aromatic nitrogens is 2. The van der Waals surface area contributed by atoms with Crippen LogP contribution in [0.3, 0.4) is 0 Å². The number of hydrogen-bond donors (Lipinski definition) is 1. The van der Waals surface area contributed by atoms with Crippen LogP contribution in [-0.2, 0) is 7.05 Å². The summed E-state index contributed by atoms with van der Waals surface area (Å²) in [6.45, 7) is 0. The molecule has 0 bridgehead atoms. The SMILES string of the molecule is Cn1c(-c2ccccc2I)nc2cc(C(=O)O)ccc21. The van der Waals surface area contributed by atoms with Gasteiger partial charge in [-0.25, -0.2) is 9.78 Å². The van der Waals surface area contributed by atoms with E-state index in [4.69, 9.17) is 5.11 Å². The van der Waals surface area contributed by atoms with Crippen LogP contribution in [0.15, 0.2) is 42.5 Å². The number of halogens is 1. The third-order valence-corrected chi connectivity index (χ3v) is 4.18. The van der Waals surface area contributed by atoms with Crippen molar-refractivity contribution in [2.24, 2.45) is 7.05 Å². The summed E-state index contributed by atoms with van der Waals surface area (Å²) >= 11 is 2.28. The van der Waals surface area contributed by atoms with Gasteiger partial charge < -0.3 is 9.67 Å². The molecule has 0 amide bonds. The summed E-state index contributed by atoms with van der Waals surface area (Å²) in [7, 11) is 1.94. The van der Waals surface area contributed by atoms with Crippen LogP contribution in [0.25, 0.3) is 22.4 Å². The Morgan fingerprint density at radius 2 is 2.00 bits per heavy atom. The average molecular weight is 378 g/mol. The van der Waals surface area contributed by atoms with E-state index >= 15 is 0 Å². The van der Waals surface area contributed by atoms with E-state index in [1.165, 1.54) is 0 Å². The number of imidazole rings is 1. The molecule has 0 fully saturated rings. The maximum Gasteiger partial charge on any atom is 0.335 e. The molecule has 0 atom stereocenters. The first-order valence-electron chi connectivity index (χ1n) is 6.02. The van der Waals surface area contributed by atoms with Gasteiger partial charge in [-0.15, -0.1) is 0 Å². The van der Waals surface area contributed by atoms with Crippen molar-refractivity contribution in [2.75, 3.05) is 0 Å². The lowest BCUT2D eigenvalue weighted by atomic mass is 10.2. The third-order valence-electron chi connectivity index (χ3n) is 3.24. The number of rotatable bonds is 2. The van der Waals surface area contributed by atoms with Crippen LogP contribution in [0.2, 0.25) is 0 Å². The number of carboxylic acids is 1. The lowest BCUT2D eigenvalue weighted by Crippen LogP contribution is -1.96. The van der Waals surface area contributed by atoms with E-state index in [0.717, 1.165) is 20.5 Å². The minimum atomic E-state index is -0.937. The Bertz CT molecular complexity index is 824. The summed E-state index contributed by atoms with van der Waals surface area (Å²) in [5, 5.41) is 9.05. The van der Waals surface area contributed by atoms with Crippen molar-refractivity contribution in [1.29, 1.82) is 0 Å². The lowest BCUT2D eigenvalue weighted by molar-refractivity contribution is 0.0697. The van der Waals surface area contributed by atoms with Gasteiger partial charge in [0, 0.05) is 16.2 Å². The molecule has 0 unspecified atom stereocenters. The Morgan fingerprint density at radius 3 is 2.70 bits per heavy atom. The summed E-state index contributed by atoms with van der Waals surface area (Å²) < 4.78 is 3.10. The van der Waals surface area contributed by atoms with E-state index in [1.807, 2.05) is 35.9 Å². The van der Waals surface area contributed by atoms with E-state index in [2.05, 4.69) is 27.6 Å². The molecule has 0 spiro atoms. The van der Waals surface area contributed by atoms with Crippen LogP contribution in [0.4, 0.5) is 0 Å². The monoisotopic (exact) mass is 378 g/mol. The highest BCUT2D eigenvalue weighted by molar-refractivity contribution is 14.1. The molecule has 3 rings (SSSR count). The second-order valence-corrected chi connectivity index (χ2v) is 5.65. The molecule has 0 saturated heterocycles. The fourth-order valence-electron chi connectivity index (χ4n) is 2.22. The predicted molar refractivity (Wildman–Crippen MR) is 85.8 cm³/mol. The second kappa shape index (κ2) is 4.90. The van der Waals surface area contributed by atoms with Gasteiger partial charge in [-0.1, -0.05) is 18.2 Å². The van der Waals surface area contributed by atoms with Crippen molar-refractivity contribution in [1.82, 2.24) is 9.55 Å². The molecule has 1 heterocycles. The molecule has 3 aromatic rings. The number of carbonyl (C=O) groups is 1. The van der Waals surface area contributed by atoms with Crippen LogP contribution < -0.4 is 0 Å². The van der Waals surface area contributed by atoms with Gasteiger partial charge in [-0.05, 0) is 46.9 Å². The zero-order valence-electron chi connectivity index (χ0n) is 10.7. The van der Waals surface area contributed by atoms with E-state index in [-0.39, 0.29) is 5.56 Å². The fraction of sp³-hybridized carbons (Fsp3) is 0.0667. The summed E-state index contributed by atoms with van der Waals surface area (Å²) in [4.78, 5) is 15.6. The molecule has 100 valence electrons. The highest BCUT2D eigenvalue weighted by Crippen LogP contribution is 2.27. The first kappa shape index (κ1) is 13.1. The van der Waals surface area contributed by atoms with E-state index < -0.39 is 5.97 Å². The van der Waals surface area contributed by atoms with Gasteiger partial charge in [0.1, 0.15) is 5.82 Å². The van der Waals surface area contributed by atoms with Crippen LogP contribution >= 0.6 is 22.6 Å². The summed E-state index contributed by atoms with van der Waals surface area (Å²) in [5.41, 5.74) is 2.92. The number of fused-ring (bicyclic) bond motifs is 1. The van der Waals surface area contributed by atoms with E-state index in [0.29, 0.717) is 5.52 Å². The molecule has 20 heavy (non-hydrogen) atoms. The Labute approximate surface area is 129 Å². The predicted octanol–water partition coefficient (Wildman–Crippen LogP) is 3.54. The Hall–Kier alpha value is -1.89. The molecule has 0 aliphatic heterocycles. The Kier molecular flexibility index (Phi) is 3.21. The highest BCUT2D eigenvalue weighted by Gasteiger charge is 2.13. The molecule has 1 N–H and O–H groups in total. The molecule has 2 aromatic carbocycles. The zero-order valence-corrected chi connectivity index (χ0v) is 12.8. The van der Waals surface area contributed by atoms with Gasteiger partial charge in [-0.2, -0.15) is 0 Å². The lowest BCUT2D eigenvalue weighted by Gasteiger charge is -2.04. The maximum atomic E-state index is 11.0. The average Bonchev–Trinajstić information content (AvgIpc) is 2.76. The minimum Gasteiger partial charge on any atom is -0.478 e. The Balaban J connectivity index is 2.26. The number of nitrogens with zero attached hydrogens (tertiary/aromatic N) is 2. The maximum absolute atomic E-state index is 11.0. The largest absolute Gasteiger partial charge is 0.478 e. The quantitative estimate of drug-likeness (QED) is 0.694. The molecule has 0 aliphatic rings. The Morgan fingerprint density at radius 1 is 1.25 bits per heavy atom. The number of benzene rings is 2. The molecular formula is C15H11IN2O2. The third kappa shape index (κ3) is 2.07. The standard InChI is InChI=1S/C15H11IN2O2/c1-18-13-7-6-9(15(19)20)8-12(13)17-14(18)10-4-2-3-5-11(10)16/h2-8H,1H3,(H,19,20). The highest BCUT2D eigenvalue weighted by atomic mass is 127. The van der Waals surface area contributed by atoms with Gasteiger partial charge in [0.05, 0.1) is 16.6 Å². The van der Waals surface area contributed by atoms with Gasteiger partial charge in [0.2, 0.25) is 0 Å². The molecule has 0 radical (unpaired) electrons. The summed E-state index contributed by atoms with van der Waals surface area (Å²) in [6.07, 6.45) is 0. The summed E-state index contributed by atoms with van der Waals surface area (Å²) in [6, 6.07) is 13.0. The van der Waals surface area contributed by atoms with Gasteiger partial charge in [-0.3, -0.25) is 0 Å². The minimum absolute atomic E-state index is 0.255. The second-order valence-electron chi connectivity index (χ2n) is 4.48. The van der Waals surface area contributed by atoms with Crippen molar-refractivity contribution in [3.05, 3.63) is 51.6 Å². The van der Waals surface area contributed by atoms with Crippen molar-refractivity contribution >= 4 is 39.6 Å². The number of carboxylic acid groups (broad SMARTS) is 1. The smallest absolute Gasteiger partial charge is 0.335 e. The molecule has 1 aromatic heterocycles. The van der Waals surface area contributed by atoms with Crippen molar-refractivity contribution in [2.45, 2.75) is 0 Å². The molecule has 0 aliphatic carbocycles. The van der Waals surface area contributed by atoms with Crippen molar-refractivity contribution in [3.8, 4) is 11.4 Å². The van der Waals surface area contributed by atoms with E-state index in [9.17, 15) is 4.79 Å². The number of aromatic carboxylic acids is 1. The fourth-order valence-corrected chi connectivity index (χ4v) is 2.84. The van der Waals surface area contributed by atoms with Crippen LogP contribution in [0, 0.1) is 3.57 Å². The zero-order chi connectivity index (χ0) is 14.3. The van der Waals surface area contributed by atoms with Gasteiger partial charge >= 0.3 is 5.97 Å². The molecule has 5 heteroatoms. The normalized spacial score (nSPS) is 10.9. The number of aryl methyl sites for hydroxylation is 1.